The van der Waals surface area contributed by atoms with E-state index in [0.29, 0.717) is 23.0 Å². The van der Waals surface area contributed by atoms with Gasteiger partial charge in [-0.1, -0.05) is 23.7 Å². The molecule has 6 nitrogen and oxygen atoms in total. The van der Waals surface area contributed by atoms with Crippen LogP contribution in [0.5, 0.6) is 11.5 Å². The number of halogens is 1. The van der Waals surface area contributed by atoms with E-state index in [1.54, 1.807) is 39.2 Å². The van der Waals surface area contributed by atoms with Gasteiger partial charge in [-0.25, -0.2) is 0 Å². The van der Waals surface area contributed by atoms with Gasteiger partial charge in [-0.05, 0) is 49.7 Å². The van der Waals surface area contributed by atoms with Crippen LogP contribution in [-0.4, -0.2) is 26.0 Å². The monoisotopic (exact) mass is 390 g/mol. The molecule has 0 fully saturated rings. The number of ether oxygens (including phenoxy) is 2. The molecule has 27 heavy (non-hydrogen) atoms. The Labute approximate surface area is 163 Å². The van der Waals surface area contributed by atoms with Crippen LogP contribution in [0.2, 0.25) is 5.02 Å². The minimum Gasteiger partial charge on any atom is -0.497 e. The molecule has 2 aromatic carbocycles. The number of rotatable bonds is 7. The van der Waals surface area contributed by atoms with Gasteiger partial charge in [0.1, 0.15) is 16.9 Å². The first-order chi connectivity index (χ1) is 12.8. The number of hydrogen-bond acceptors (Lipinski definition) is 4. The maximum absolute atomic E-state index is 12.6. The third kappa shape index (κ3) is 5.14. The molecule has 0 radical (unpaired) electrons. The molecule has 0 unspecified atom stereocenters. The molecule has 0 aromatic heterocycles. The summed E-state index contributed by atoms with van der Waals surface area (Å²) in [5, 5.41) is 5.87. The number of benzene rings is 2. The normalized spacial score (nSPS) is 10.9. The lowest BCUT2D eigenvalue weighted by Gasteiger charge is -2.23. The fourth-order valence-corrected chi connectivity index (χ4v) is 2.54. The van der Waals surface area contributed by atoms with Gasteiger partial charge in [0, 0.05) is 12.2 Å². The maximum Gasteiger partial charge on any atom is 0.239 e. The number of methoxy groups -OCH3 is 2. The highest BCUT2D eigenvalue weighted by Gasteiger charge is 2.36. The van der Waals surface area contributed by atoms with Crippen molar-refractivity contribution in [2.45, 2.75) is 20.4 Å². The highest BCUT2D eigenvalue weighted by molar-refractivity contribution is 6.32. The lowest BCUT2D eigenvalue weighted by molar-refractivity contribution is -0.138. The summed E-state index contributed by atoms with van der Waals surface area (Å²) in [7, 11) is 3.10. The third-order valence-corrected chi connectivity index (χ3v) is 4.45. The number of carbonyl (C=O) groups excluding carboxylic acids is 2. The van der Waals surface area contributed by atoms with Crippen molar-refractivity contribution in [2.75, 3.05) is 19.5 Å². The van der Waals surface area contributed by atoms with Crippen LogP contribution >= 0.6 is 11.6 Å². The summed E-state index contributed by atoms with van der Waals surface area (Å²) < 4.78 is 10.2. The van der Waals surface area contributed by atoms with Crippen LogP contribution in [0.15, 0.2) is 42.5 Å². The van der Waals surface area contributed by atoms with Crippen molar-refractivity contribution in [3.8, 4) is 11.5 Å². The Morgan fingerprint density at radius 2 is 1.67 bits per heavy atom. The van der Waals surface area contributed by atoms with Crippen molar-refractivity contribution in [2.24, 2.45) is 5.41 Å². The first kappa shape index (κ1) is 20.6. The van der Waals surface area contributed by atoms with Crippen molar-refractivity contribution in [1.82, 2.24) is 5.32 Å². The summed E-state index contributed by atoms with van der Waals surface area (Å²) >= 11 is 6.06. The second-order valence-electron chi connectivity index (χ2n) is 6.46. The molecule has 144 valence electrons. The summed E-state index contributed by atoms with van der Waals surface area (Å²) in [5.41, 5.74) is 0.128. The fourth-order valence-electron chi connectivity index (χ4n) is 2.28. The minimum absolute atomic E-state index is 0.313. The highest BCUT2D eigenvalue weighted by Crippen LogP contribution is 2.28. The van der Waals surface area contributed by atoms with Gasteiger partial charge >= 0.3 is 0 Å². The van der Waals surface area contributed by atoms with Crippen molar-refractivity contribution in [1.29, 1.82) is 0 Å². The molecule has 2 rings (SSSR count). The largest absolute Gasteiger partial charge is 0.497 e. The second kappa shape index (κ2) is 8.77. The first-order valence-electron chi connectivity index (χ1n) is 8.34. The fraction of sp³-hybridized carbons (Fsp3) is 0.300. The lowest BCUT2D eigenvalue weighted by atomic mass is 9.90. The molecule has 2 aromatic rings. The minimum atomic E-state index is -1.27. The quantitative estimate of drug-likeness (QED) is 0.707. The Kier molecular flexibility index (Phi) is 6.69. The van der Waals surface area contributed by atoms with Crippen molar-refractivity contribution < 1.29 is 19.1 Å². The molecule has 0 saturated heterocycles. The van der Waals surface area contributed by atoms with Crippen molar-refractivity contribution in [3.63, 3.8) is 0 Å². The highest BCUT2D eigenvalue weighted by atomic mass is 35.5. The van der Waals surface area contributed by atoms with Gasteiger partial charge in [-0.3, -0.25) is 9.59 Å². The SMILES string of the molecule is COc1ccc(CNC(=O)C(C)(C)C(=O)Nc2ccc(OC)c(Cl)c2)cc1. The molecule has 0 aliphatic carbocycles. The van der Waals surface area contributed by atoms with Gasteiger partial charge in [0.15, 0.2) is 0 Å². The molecular formula is C20H23ClN2O4. The zero-order valence-corrected chi connectivity index (χ0v) is 16.5. The van der Waals surface area contributed by atoms with Crippen LogP contribution in [-0.2, 0) is 16.1 Å². The van der Waals surface area contributed by atoms with E-state index >= 15 is 0 Å². The van der Waals surface area contributed by atoms with Crippen LogP contribution in [0.25, 0.3) is 0 Å². The van der Waals surface area contributed by atoms with E-state index < -0.39 is 11.3 Å². The van der Waals surface area contributed by atoms with E-state index in [0.717, 1.165) is 11.3 Å². The summed E-state index contributed by atoms with van der Waals surface area (Å²) in [4.78, 5) is 25.1. The first-order valence-corrected chi connectivity index (χ1v) is 8.72. The number of carbonyl (C=O) groups is 2. The topological polar surface area (TPSA) is 76.7 Å². The van der Waals surface area contributed by atoms with Crippen LogP contribution in [0.3, 0.4) is 0 Å². The molecule has 0 saturated carbocycles. The molecule has 0 bridgehead atoms. The number of nitrogens with one attached hydrogen (secondary N) is 2. The standard InChI is InChI=1S/C20H23ClN2O4/c1-20(2,18(24)22-12-13-5-8-15(26-3)9-6-13)19(25)23-14-7-10-17(27-4)16(21)11-14/h5-11H,12H2,1-4H3,(H,22,24)(H,23,25). The Bertz CT molecular complexity index is 819. The number of hydrogen-bond donors (Lipinski definition) is 2. The Morgan fingerprint density at radius 1 is 1.00 bits per heavy atom. The van der Waals surface area contributed by atoms with Gasteiger partial charge in [-0.2, -0.15) is 0 Å². The van der Waals surface area contributed by atoms with E-state index in [1.165, 1.54) is 7.11 Å². The summed E-state index contributed by atoms with van der Waals surface area (Å²) in [5.74, 6) is 0.431. The van der Waals surface area contributed by atoms with Crippen LogP contribution in [0.4, 0.5) is 5.69 Å². The van der Waals surface area contributed by atoms with E-state index in [4.69, 9.17) is 21.1 Å². The van der Waals surface area contributed by atoms with Gasteiger partial charge in [0.2, 0.25) is 11.8 Å². The molecule has 0 aliphatic rings. The molecule has 0 heterocycles. The third-order valence-electron chi connectivity index (χ3n) is 4.16. The Hall–Kier alpha value is -2.73. The molecular weight excluding hydrogens is 368 g/mol. The van der Waals surface area contributed by atoms with Gasteiger partial charge in [0.25, 0.3) is 0 Å². The average molecular weight is 391 g/mol. The van der Waals surface area contributed by atoms with E-state index in [9.17, 15) is 9.59 Å². The summed E-state index contributed by atoms with van der Waals surface area (Å²) in [6, 6.07) is 12.2. The molecule has 7 heteroatoms. The average Bonchev–Trinajstić information content (AvgIpc) is 2.66. The molecule has 2 amide bonds. The lowest BCUT2D eigenvalue weighted by Crippen LogP contribution is -2.44. The van der Waals surface area contributed by atoms with Crippen LogP contribution < -0.4 is 20.1 Å². The predicted octanol–water partition coefficient (Wildman–Crippen LogP) is 3.64. The van der Waals surface area contributed by atoms with Gasteiger partial charge in [0.05, 0.1) is 19.2 Å². The van der Waals surface area contributed by atoms with E-state index in [2.05, 4.69) is 10.6 Å². The van der Waals surface area contributed by atoms with Gasteiger partial charge < -0.3 is 20.1 Å². The zero-order chi connectivity index (χ0) is 20.0. The van der Waals surface area contributed by atoms with Crippen molar-refractivity contribution in [3.05, 3.63) is 53.1 Å². The summed E-state index contributed by atoms with van der Waals surface area (Å²) in [6.07, 6.45) is 0. The molecule has 0 aliphatic heterocycles. The van der Waals surface area contributed by atoms with E-state index in [-0.39, 0.29) is 5.91 Å². The number of amides is 2. The van der Waals surface area contributed by atoms with Crippen molar-refractivity contribution >= 4 is 29.1 Å². The molecule has 2 N–H and O–H groups in total. The smallest absolute Gasteiger partial charge is 0.239 e. The predicted molar refractivity (Wildman–Crippen MR) is 105 cm³/mol. The maximum atomic E-state index is 12.6. The van der Waals surface area contributed by atoms with E-state index in [1.807, 2.05) is 24.3 Å². The summed E-state index contributed by atoms with van der Waals surface area (Å²) in [6.45, 7) is 3.45. The zero-order valence-electron chi connectivity index (χ0n) is 15.8. The molecule has 0 spiro atoms. The second-order valence-corrected chi connectivity index (χ2v) is 6.87. The Morgan fingerprint density at radius 3 is 2.22 bits per heavy atom. The van der Waals surface area contributed by atoms with Crippen LogP contribution in [0.1, 0.15) is 19.4 Å². The van der Waals surface area contributed by atoms with Gasteiger partial charge in [-0.15, -0.1) is 0 Å². The number of anilines is 1. The molecule has 0 atom stereocenters. The van der Waals surface area contributed by atoms with Crippen LogP contribution in [0, 0.1) is 5.41 Å². The Balaban J connectivity index is 1.99.